The molecule has 1 heterocycles. The second-order valence-corrected chi connectivity index (χ2v) is 4.52. The largest absolute Gasteiger partial charge is 0.221 e. The van der Waals surface area contributed by atoms with Gasteiger partial charge in [-0.25, -0.2) is 4.58 Å². The molecule has 1 aliphatic heterocycles. The summed E-state index contributed by atoms with van der Waals surface area (Å²) in [5, 5.41) is 2.12. The molecule has 0 aromatic heterocycles. The maximum absolute atomic E-state index is 2.47. The lowest BCUT2D eigenvalue weighted by Crippen LogP contribution is -2.29. The standard InChI is InChI=1S/C10H14NS/c1-3-11-8(2)12-10-7-5-4-6-9(10)11/h4-7,9-10H,3H2,1-2H3/q+1/t9-,10+/m0/s1. The molecule has 1 nitrogen and oxygen atoms in total. The van der Waals surface area contributed by atoms with Gasteiger partial charge in [-0.2, -0.15) is 0 Å². The topological polar surface area (TPSA) is 3.01 Å². The lowest BCUT2D eigenvalue weighted by atomic mass is 10.1. The molecule has 2 aliphatic rings. The van der Waals surface area contributed by atoms with Crippen LogP contribution in [0.25, 0.3) is 0 Å². The molecular weight excluding hydrogens is 166 g/mol. The number of hydrogen-bond donors (Lipinski definition) is 0. The van der Waals surface area contributed by atoms with Crippen LogP contribution in [-0.4, -0.2) is 27.5 Å². The van der Waals surface area contributed by atoms with Gasteiger partial charge in [0.05, 0.1) is 5.25 Å². The Morgan fingerprint density at radius 1 is 1.42 bits per heavy atom. The first-order valence-corrected chi connectivity index (χ1v) is 5.32. The molecule has 0 spiro atoms. The number of rotatable bonds is 1. The number of thioether (sulfide) groups is 1. The summed E-state index contributed by atoms with van der Waals surface area (Å²) in [5.74, 6) is 0. The quantitative estimate of drug-likeness (QED) is 0.558. The highest BCUT2D eigenvalue weighted by Crippen LogP contribution is 2.30. The van der Waals surface area contributed by atoms with Crippen molar-refractivity contribution < 1.29 is 4.58 Å². The fourth-order valence-electron chi connectivity index (χ4n) is 1.87. The van der Waals surface area contributed by atoms with Gasteiger partial charge in [-0.1, -0.05) is 18.2 Å². The van der Waals surface area contributed by atoms with Gasteiger partial charge in [-0.05, 0) is 24.8 Å². The molecular formula is C10H14NS+. The van der Waals surface area contributed by atoms with Gasteiger partial charge in [0.1, 0.15) is 6.54 Å². The van der Waals surface area contributed by atoms with Crippen LogP contribution in [0.2, 0.25) is 0 Å². The fraction of sp³-hybridized carbons (Fsp3) is 0.500. The number of fused-ring (bicyclic) bond motifs is 1. The van der Waals surface area contributed by atoms with Crippen LogP contribution in [-0.2, 0) is 0 Å². The van der Waals surface area contributed by atoms with E-state index in [1.54, 1.807) is 0 Å². The third kappa shape index (κ3) is 1.14. The average Bonchev–Trinajstić information content (AvgIpc) is 2.40. The van der Waals surface area contributed by atoms with E-state index in [0.717, 1.165) is 6.54 Å². The van der Waals surface area contributed by atoms with Crippen molar-refractivity contribution in [3.63, 3.8) is 0 Å². The Labute approximate surface area is 77.9 Å². The van der Waals surface area contributed by atoms with Crippen molar-refractivity contribution in [2.45, 2.75) is 25.1 Å². The summed E-state index contributed by atoms with van der Waals surface area (Å²) in [5.41, 5.74) is 0. The van der Waals surface area contributed by atoms with Crippen LogP contribution in [0.4, 0.5) is 0 Å². The van der Waals surface area contributed by atoms with Crippen LogP contribution in [0, 0.1) is 0 Å². The minimum absolute atomic E-state index is 0.616. The molecule has 0 amide bonds. The molecule has 0 aromatic rings. The molecule has 0 N–H and O–H groups in total. The third-order valence-electron chi connectivity index (χ3n) is 2.47. The highest BCUT2D eigenvalue weighted by atomic mass is 32.2. The Bertz CT molecular complexity index is 276. The van der Waals surface area contributed by atoms with E-state index in [1.807, 2.05) is 11.8 Å². The van der Waals surface area contributed by atoms with E-state index in [4.69, 9.17) is 0 Å². The maximum atomic E-state index is 2.47. The molecule has 0 bridgehead atoms. The summed E-state index contributed by atoms with van der Waals surface area (Å²) >= 11 is 1.99. The molecule has 2 atom stereocenters. The SMILES string of the molecule is CC[N+]1=C(C)S[C@@H]2C=CC=C[C@@H]21. The van der Waals surface area contributed by atoms with Crippen molar-refractivity contribution in [3.05, 3.63) is 24.3 Å². The summed E-state index contributed by atoms with van der Waals surface area (Å²) in [6.07, 6.45) is 8.91. The van der Waals surface area contributed by atoms with Crippen molar-refractivity contribution in [1.82, 2.24) is 0 Å². The summed E-state index contributed by atoms with van der Waals surface area (Å²) in [7, 11) is 0. The second-order valence-electron chi connectivity index (χ2n) is 3.15. The highest BCUT2D eigenvalue weighted by molar-refractivity contribution is 8.14. The molecule has 12 heavy (non-hydrogen) atoms. The van der Waals surface area contributed by atoms with Crippen LogP contribution in [0.1, 0.15) is 13.8 Å². The first-order chi connectivity index (χ1) is 5.83. The van der Waals surface area contributed by atoms with Gasteiger partial charge >= 0.3 is 0 Å². The molecule has 0 saturated carbocycles. The third-order valence-corrected chi connectivity index (χ3v) is 3.75. The molecule has 0 radical (unpaired) electrons. The molecule has 64 valence electrons. The average molecular weight is 180 g/mol. The van der Waals surface area contributed by atoms with Gasteiger partial charge in [-0.15, -0.1) is 0 Å². The van der Waals surface area contributed by atoms with E-state index in [9.17, 15) is 0 Å². The maximum Gasteiger partial charge on any atom is 0.208 e. The van der Waals surface area contributed by atoms with Crippen molar-refractivity contribution >= 4 is 16.8 Å². The summed E-state index contributed by atoms with van der Waals surface area (Å²) in [6, 6.07) is 0.616. The molecule has 2 heteroatoms. The minimum Gasteiger partial charge on any atom is -0.221 e. The molecule has 2 rings (SSSR count). The smallest absolute Gasteiger partial charge is 0.208 e. The Kier molecular flexibility index (Phi) is 2.09. The summed E-state index contributed by atoms with van der Waals surface area (Å²) < 4.78 is 2.47. The predicted octanol–water partition coefficient (Wildman–Crippen LogP) is 2.05. The molecule has 0 aromatic carbocycles. The van der Waals surface area contributed by atoms with E-state index >= 15 is 0 Å². The van der Waals surface area contributed by atoms with E-state index < -0.39 is 0 Å². The van der Waals surface area contributed by atoms with Gasteiger partial charge in [0, 0.05) is 6.92 Å². The van der Waals surface area contributed by atoms with Gasteiger partial charge < -0.3 is 0 Å². The van der Waals surface area contributed by atoms with Gasteiger partial charge in [0.25, 0.3) is 0 Å². The lowest BCUT2D eigenvalue weighted by Gasteiger charge is -2.11. The number of allylic oxidation sites excluding steroid dienone is 2. The van der Waals surface area contributed by atoms with Crippen molar-refractivity contribution in [2.75, 3.05) is 6.54 Å². The number of likely N-dealkylation sites (N-methyl/N-ethyl adjacent to an activating group) is 1. The van der Waals surface area contributed by atoms with Crippen molar-refractivity contribution in [1.29, 1.82) is 0 Å². The second kappa shape index (κ2) is 3.09. The zero-order valence-electron chi connectivity index (χ0n) is 7.53. The van der Waals surface area contributed by atoms with Gasteiger partial charge in [-0.3, -0.25) is 0 Å². The lowest BCUT2D eigenvalue weighted by molar-refractivity contribution is -0.544. The van der Waals surface area contributed by atoms with Gasteiger partial charge in [0.15, 0.2) is 6.04 Å². The van der Waals surface area contributed by atoms with Crippen molar-refractivity contribution in [2.24, 2.45) is 0 Å². The number of nitrogens with zero attached hydrogens (tertiary/aromatic N) is 1. The Morgan fingerprint density at radius 2 is 2.17 bits per heavy atom. The Balaban J connectivity index is 2.29. The Hall–Kier alpha value is -0.500. The van der Waals surface area contributed by atoms with Crippen LogP contribution in [0.15, 0.2) is 24.3 Å². The van der Waals surface area contributed by atoms with E-state index in [2.05, 4.69) is 42.7 Å². The zero-order valence-corrected chi connectivity index (χ0v) is 8.34. The van der Waals surface area contributed by atoms with E-state index in [-0.39, 0.29) is 0 Å². The molecule has 1 aliphatic carbocycles. The molecule has 0 unspecified atom stereocenters. The van der Waals surface area contributed by atoms with Crippen LogP contribution in [0.5, 0.6) is 0 Å². The number of hydrogen-bond acceptors (Lipinski definition) is 1. The first kappa shape index (κ1) is 8.11. The van der Waals surface area contributed by atoms with Gasteiger partial charge in [0.2, 0.25) is 5.04 Å². The first-order valence-electron chi connectivity index (χ1n) is 4.44. The zero-order chi connectivity index (χ0) is 8.55. The normalized spacial score (nSPS) is 32.8. The Morgan fingerprint density at radius 3 is 2.92 bits per heavy atom. The van der Waals surface area contributed by atoms with E-state index in [1.165, 1.54) is 5.04 Å². The van der Waals surface area contributed by atoms with E-state index in [0.29, 0.717) is 11.3 Å². The molecule has 0 saturated heterocycles. The van der Waals surface area contributed by atoms with Crippen LogP contribution >= 0.6 is 11.8 Å². The summed E-state index contributed by atoms with van der Waals surface area (Å²) in [4.78, 5) is 0. The monoisotopic (exact) mass is 180 g/mol. The predicted molar refractivity (Wildman–Crippen MR) is 54.9 cm³/mol. The minimum atomic E-state index is 0.616. The fourth-order valence-corrected chi connectivity index (χ4v) is 3.20. The highest BCUT2D eigenvalue weighted by Gasteiger charge is 2.37. The van der Waals surface area contributed by atoms with Crippen molar-refractivity contribution in [3.8, 4) is 0 Å². The van der Waals surface area contributed by atoms with Crippen LogP contribution < -0.4 is 0 Å². The van der Waals surface area contributed by atoms with Crippen LogP contribution in [0.3, 0.4) is 0 Å². The molecule has 0 fully saturated rings. The summed E-state index contributed by atoms with van der Waals surface area (Å²) in [6.45, 7) is 5.56.